The van der Waals surface area contributed by atoms with Crippen LogP contribution in [0, 0.1) is 6.92 Å². The molecular formula is C12H12N2O. The third-order valence-electron chi connectivity index (χ3n) is 2.68. The molecule has 2 rings (SSSR count). The zero-order chi connectivity index (χ0) is 10.8. The fourth-order valence-electron chi connectivity index (χ4n) is 1.64. The van der Waals surface area contributed by atoms with Crippen LogP contribution in [-0.2, 0) is 7.05 Å². The van der Waals surface area contributed by atoms with Crippen LogP contribution in [0.5, 0.6) is 0 Å². The van der Waals surface area contributed by atoms with E-state index in [2.05, 4.69) is 4.98 Å². The van der Waals surface area contributed by atoms with Crippen LogP contribution < -0.4 is 0 Å². The number of pyridine rings is 1. The Morgan fingerprint density at radius 1 is 1.33 bits per heavy atom. The lowest BCUT2D eigenvalue weighted by atomic mass is 10.2. The van der Waals surface area contributed by atoms with Gasteiger partial charge in [0.05, 0.1) is 0 Å². The van der Waals surface area contributed by atoms with E-state index in [1.165, 1.54) is 0 Å². The predicted octanol–water partition coefficient (Wildman–Crippen LogP) is 2.21. The number of hydrogen-bond acceptors (Lipinski definition) is 2. The van der Waals surface area contributed by atoms with Gasteiger partial charge in [0.25, 0.3) is 0 Å². The highest BCUT2D eigenvalue weighted by Gasteiger charge is 2.09. The smallest absolute Gasteiger partial charge is 0.151 e. The van der Waals surface area contributed by atoms with Crippen LogP contribution >= 0.6 is 0 Å². The molecule has 3 heteroatoms. The monoisotopic (exact) mass is 200 g/mol. The van der Waals surface area contributed by atoms with E-state index in [-0.39, 0.29) is 0 Å². The topological polar surface area (TPSA) is 34.9 Å². The van der Waals surface area contributed by atoms with E-state index < -0.39 is 0 Å². The van der Waals surface area contributed by atoms with Crippen molar-refractivity contribution in [3.05, 3.63) is 41.9 Å². The molecule has 0 aliphatic heterocycles. The van der Waals surface area contributed by atoms with Crippen LogP contribution in [0.15, 0.2) is 30.6 Å². The molecule has 15 heavy (non-hydrogen) atoms. The lowest BCUT2D eigenvalue weighted by Crippen LogP contribution is -1.94. The molecule has 0 radical (unpaired) electrons. The highest BCUT2D eigenvalue weighted by atomic mass is 16.1. The fraction of sp³-hybridized carbons (Fsp3) is 0.167. The van der Waals surface area contributed by atoms with Crippen LogP contribution in [0.2, 0.25) is 0 Å². The van der Waals surface area contributed by atoms with Crippen LogP contribution in [0.1, 0.15) is 16.1 Å². The minimum Gasteiger partial charge on any atom is -0.347 e. The summed E-state index contributed by atoms with van der Waals surface area (Å²) in [6.07, 6.45) is 4.39. The Kier molecular flexibility index (Phi) is 2.37. The first kappa shape index (κ1) is 9.65. The Bertz CT molecular complexity index is 486. The van der Waals surface area contributed by atoms with E-state index in [0.29, 0.717) is 0 Å². The minimum atomic E-state index is 0.740. The quantitative estimate of drug-likeness (QED) is 0.696. The fourth-order valence-corrected chi connectivity index (χ4v) is 1.64. The number of aromatic nitrogens is 2. The molecule has 2 heterocycles. The van der Waals surface area contributed by atoms with Gasteiger partial charge in [-0.3, -0.25) is 9.78 Å². The molecule has 0 aliphatic carbocycles. The molecule has 0 spiro atoms. The molecule has 0 fully saturated rings. The molecule has 0 bridgehead atoms. The van der Waals surface area contributed by atoms with Crippen molar-refractivity contribution in [2.24, 2.45) is 7.05 Å². The summed E-state index contributed by atoms with van der Waals surface area (Å²) in [4.78, 5) is 14.8. The van der Waals surface area contributed by atoms with Gasteiger partial charge in [0.15, 0.2) is 6.29 Å². The lowest BCUT2D eigenvalue weighted by Gasteiger charge is -2.04. The normalized spacial score (nSPS) is 10.3. The average Bonchev–Trinajstić information content (AvgIpc) is 2.57. The molecular weight excluding hydrogens is 188 g/mol. The Labute approximate surface area is 88.4 Å². The van der Waals surface area contributed by atoms with Crippen molar-refractivity contribution in [3.63, 3.8) is 0 Å². The molecule has 0 unspecified atom stereocenters. The molecule has 0 saturated carbocycles. The molecule has 0 aliphatic rings. The summed E-state index contributed by atoms with van der Waals surface area (Å²) in [6, 6.07) is 5.77. The van der Waals surface area contributed by atoms with Crippen LogP contribution in [0.4, 0.5) is 0 Å². The highest BCUT2D eigenvalue weighted by molar-refractivity contribution is 5.80. The zero-order valence-electron chi connectivity index (χ0n) is 8.77. The van der Waals surface area contributed by atoms with Crippen molar-refractivity contribution in [2.75, 3.05) is 0 Å². The summed E-state index contributed by atoms with van der Waals surface area (Å²) < 4.78 is 2.01. The molecule has 0 amide bonds. The third-order valence-corrected chi connectivity index (χ3v) is 2.68. The second-order valence-corrected chi connectivity index (χ2v) is 3.48. The minimum absolute atomic E-state index is 0.740. The van der Waals surface area contributed by atoms with Gasteiger partial charge >= 0.3 is 0 Å². The van der Waals surface area contributed by atoms with Gasteiger partial charge in [0.1, 0.15) is 0 Å². The van der Waals surface area contributed by atoms with Gasteiger partial charge in [-0.05, 0) is 25.1 Å². The number of aldehydes is 1. The van der Waals surface area contributed by atoms with Crippen molar-refractivity contribution < 1.29 is 4.79 Å². The Balaban J connectivity index is 2.59. The highest BCUT2D eigenvalue weighted by Crippen LogP contribution is 2.22. The van der Waals surface area contributed by atoms with Crippen LogP contribution in [0.25, 0.3) is 11.3 Å². The zero-order valence-corrected chi connectivity index (χ0v) is 8.77. The van der Waals surface area contributed by atoms with Crippen molar-refractivity contribution in [2.45, 2.75) is 6.92 Å². The lowest BCUT2D eigenvalue weighted by molar-refractivity contribution is 0.112. The van der Waals surface area contributed by atoms with Crippen molar-refractivity contribution in [1.29, 1.82) is 0 Å². The first-order valence-electron chi connectivity index (χ1n) is 4.76. The Morgan fingerprint density at radius 2 is 2.00 bits per heavy atom. The summed E-state index contributed by atoms with van der Waals surface area (Å²) in [6.45, 7) is 1.94. The molecule has 0 saturated heterocycles. The van der Waals surface area contributed by atoms with Gasteiger partial charge < -0.3 is 4.57 Å². The maximum Gasteiger partial charge on any atom is 0.151 e. The maximum absolute atomic E-state index is 10.8. The van der Waals surface area contributed by atoms with E-state index in [9.17, 15) is 4.79 Å². The molecule has 2 aromatic rings. The number of carbonyl (C=O) groups is 1. The SMILES string of the molecule is Cc1c(C=O)cc(-c2ccncc2)n1C. The summed E-state index contributed by atoms with van der Waals surface area (Å²) in [5.74, 6) is 0. The molecule has 2 aromatic heterocycles. The summed E-state index contributed by atoms with van der Waals surface area (Å²) >= 11 is 0. The standard InChI is InChI=1S/C12H12N2O/c1-9-11(8-15)7-12(14(9)2)10-3-5-13-6-4-10/h3-8H,1-2H3. The van der Waals surface area contributed by atoms with E-state index in [1.807, 2.05) is 36.7 Å². The van der Waals surface area contributed by atoms with Crippen LogP contribution in [0.3, 0.4) is 0 Å². The average molecular weight is 200 g/mol. The van der Waals surface area contributed by atoms with Gasteiger partial charge in [-0.15, -0.1) is 0 Å². The molecule has 3 nitrogen and oxygen atoms in total. The summed E-state index contributed by atoms with van der Waals surface area (Å²) in [5.41, 5.74) is 3.84. The molecule has 0 aromatic carbocycles. The first-order valence-corrected chi connectivity index (χ1v) is 4.76. The van der Waals surface area contributed by atoms with Gasteiger partial charge in [-0.2, -0.15) is 0 Å². The van der Waals surface area contributed by atoms with Crippen molar-refractivity contribution in [3.8, 4) is 11.3 Å². The molecule has 0 atom stereocenters. The van der Waals surface area contributed by atoms with Crippen LogP contribution in [-0.4, -0.2) is 15.8 Å². The molecule has 76 valence electrons. The van der Waals surface area contributed by atoms with Gasteiger partial charge in [0, 0.05) is 42.0 Å². The van der Waals surface area contributed by atoms with E-state index >= 15 is 0 Å². The van der Waals surface area contributed by atoms with Gasteiger partial charge in [0.2, 0.25) is 0 Å². The second-order valence-electron chi connectivity index (χ2n) is 3.48. The number of hydrogen-bond donors (Lipinski definition) is 0. The van der Waals surface area contributed by atoms with E-state index in [4.69, 9.17) is 0 Å². The predicted molar refractivity (Wildman–Crippen MR) is 58.8 cm³/mol. The third kappa shape index (κ3) is 1.56. The molecule has 0 N–H and O–H groups in total. The van der Waals surface area contributed by atoms with Crippen molar-refractivity contribution in [1.82, 2.24) is 9.55 Å². The van der Waals surface area contributed by atoms with E-state index in [0.717, 1.165) is 28.8 Å². The Morgan fingerprint density at radius 3 is 2.53 bits per heavy atom. The number of rotatable bonds is 2. The Hall–Kier alpha value is -1.90. The van der Waals surface area contributed by atoms with Gasteiger partial charge in [-0.25, -0.2) is 0 Å². The summed E-state index contributed by atoms with van der Waals surface area (Å²) in [5, 5.41) is 0. The number of carbonyl (C=O) groups excluding carboxylic acids is 1. The number of nitrogens with zero attached hydrogens (tertiary/aromatic N) is 2. The van der Waals surface area contributed by atoms with E-state index in [1.54, 1.807) is 12.4 Å². The largest absolute Gasteiger partial charge is 0.347 e. The second kappa shape index (κ2) is 3.69. The first-order chi connectivity index (χ1) is 7.24. The summed E-state index contributed by atoms with van der Waals surface area (Å²) in [7, 11) is 1.96. The van der Waals surface area contributed by atoms with Crippen molar-refractivity contribution >= 4 is 6.29 Å². The maximum atomic E-state index is 10.8. The van der Waals surface area contributed by atoms with Gasteiger partial charge in [-0.1, -0.05) is 0 Å².